The lowest BCUT2D eigenvalue weighted by Crippen LogP contribution is -2.05. The fourth-order valence-electron chi connectivity index (χ4n) is 2.48. The van der Waals surface area contributed by atoms with E-state index in [-0.39, 0.29) is 10.9 Å². The molecule has 3 nitrogen and oxygen atoms in total. The number of carbonyl (C=O) groups excluding carboxylic acids is 1. The van der Waals surface area contributed by atoms with E-state index < -0.39 is 11.7 Å². The van der Waals surface area contributed by atoms with Gasteiger partial charge in [0.2, 0.25) is 0 Å². The van der Waals surface area contributed by atoms with Crippen LogP contribution in [0.1, 0.15) is 25.3 Å². The van der Waals surface area contributed by atoms with Gasteiger partial charge in [-0.25, -0.2) is 0 Å². The van der Waals surface area contributed by atoms with Crippen LogP contribution < -0.4 is 0 Å². The molecule has 2 aromatic rings. The Kier molecular flexibility index (Phi) is 6.58. The van der Waals surface area contributed by atoms with E-state index in [1.165, 1.54) is 23.3 Å². The van der Waals surface area contributed by atoms with Gasteiger partial charge in [-0.15, -0.1) is 11.8 Å². The number of thioether (sulfide) groups is 1. The standard InChI is InChI=1S/C18H20F3NO2S/c1-13(23)24-10-6-7-11-25-17-15(18(19,20)21)12-22(2)16(17)14-8-4-3-5-9-14/h3-5,8-9,12H,6-7,10-11H2,1-2H3. The first-order chi connectivity index (χ1) is 11.8. The fourth-order valence-corrected chi connectivity index (χ4v) is 3.75. The van der Waals surface area contributed by atoms with Crippen LogP contribution in [0.5, 0.6) is 0 Å². The minimum absolute atomic E-state index is 0.244. The maximum atomic E-state index is 13.4. The molecule has 0 atom stereocenters. The number of aryl methyl sites for hydroxylation is 1. The molecule has 7 heteroatoms. The van der Waals surface area contributed by atoms with E-state index in [0.717, 1.165) is 11.8 Å². The first kappa shape index (κ1) is 19.4. The van der Waals surface area contributed by atoms with Crippen LogP contribution in [-0.2, 0) is 22.8 Å². The van der Waals surface area contributed by atoms with E-state index in [1.54, 1.807) is 19.2 Å². The van der Waals surface area contributed by atoms with Crippen LogP contribution in [0, 0.1) is 0 Å². The van der Waals surface area contributed by atoms with Gasteiger partial charge in [-0.2, -0.15) is 13.2 Å². The van der Waals surface area contributed by atoms with Crippen LogP contribution in [0.3, 0.4) is 0 Å². The third-order valence-electron chi connectivity index (χ3n) is 3.58. The van der Waals surface area contributed by atoms with Crippen molar-refractivity contribution < 1.29 is 22.7 Å². The van der Waals surface area contributed by atoms with Gasteiger partial charge in [-0.05, 0) is 24.2 Å². The van der Waals surface area contributed by atoms with E-state index in [0.29, 0.717) is 30.9 Å². The summed E-state index contributed by atoms with van der Waals surface area (Å²) in [6.45, 7) is 1.63. The Morgan fingerprint density at radius 3 is 2.48 bits per heavy atom. The smallest absolute Gasteiger partial charge is 0.418 e. The number of hydrogen-bond acceptors (Lipinski definition) is 3. The molecule has 136 valence electrons. The van der Waals surface area contributed by atoms with Crippen molar-refractivity contribution in [1.29, 1.82) is 0 Å². The zero-order chi connectivity index (χ0) is 18.4. The summed E-state index contributed by atoms with van der Waals surface area (Å²) in [5.74, 6) is 0.176. The number of halogens is 3. The van der Waals surface area contributed by atoms with Crippen molar-refractivity contribution >= 4 is 17.7 Å². The Labute approximate surface area is 149 Å². The zero-order valence-electron chi connectivity index (χ0n) is 14.1. The lowest BCUT2D eigenvalue weighted by molar-refractivity contribution is -0.141. The van der Waals surface area contributed by atoms with Crippen molar-refractivity contribution in [1.82, 2.24) is 4.57 Å². The lowest BCUT2D eigenvalue weighted by Gasteiger charge is -2.11. The van der Waals surface area contributed by atoms with E-state index in [1.807, 2.05) is 18.2 Å². The van der Waals surface area contributed by atoms with Crippen LogP contribution in [0.25, 0.3) is 11.3 Å². The maximum Gasteiger partial charge on any atom is 0.418 e. The largest absolute Gasteiger partial charge is 0.466 e. The number of unbranched alkanes of at least 4 members (excludes halogenated alkanes) is 1. The molecule has 0 N–H and O–H groups in total. The first-order valence-electron chi connectivity index (χ1n) is 7.89. The highest BCUT2D eigenvalue weighted by Crippen LogP contribution is 2.43. The molecule has 0 radical (unpaired) electrons. The summed E-state index contributed by atoms with van der Waals surface area (Å²) in [4.78, 5) is 10.9. The van der Waals surface area contributed by atoms with Gasteiger partial charge in [0.1, 0.15) is 0 Å². The predicted octanol–water partition coefficient (Wildman–Crippen LogP) is 5.15. The summed E-state index contributed by atoms with van der Waals surface area (Å²) >= 11 is 1.19. The minimum Gasteiger partial charge on any atom is -0.466 e. The number of rotatable bonds is 7. The van der Waals surface area contributed by atoms with Gasteiger partial charge in [0.25, 0.3) is 0 Å². The van der Waals surface area contributed by atoms with E-state index in [4.69, 9.17) is 4.74 Å². The second kappa shape index (κ2) is 8.47. The summed E-state index contributed by atoms with van der Waals surface area (Å²) in [7, 11) is 1.63. The van der Waals surface area contributed by atoms with Crippen LogP contribution in [-0.4, -0.2) is 22.9 Å². The van der Waals surface area contributed by atoms with Crippen molar-refractivity contribution in [2.45, 2.75) is 30.8 Å². The summed E-state index contributed by atoms with van der Waals surface area (Å²) < 4.78 is 46.5. The number of aromatic nitrogens is 1. The number of alkyl halides is 3. The maximum absolute atomic E-state index is 13.4. The molecule has 0 saturated carbocycles. The van der Waals surface area contributed by atoms with E-state index in [2.05, 4.69) is 0 Å². The molecule has 25 heavy (non-hydrogen) atoms. The van der Waals surface area contributed by atoms with E-state index >= 15 is 0 Å². The molecule has 0 amide bonds. The Morgan fingerprint density at radius 2 is 1.88 bits per heavy atom. The summed E-state index contributed by atoms with van der Waals surface area (Å²) in [5.41, 5.74) is 0.708. The van der Waals surface area contributed by atoms with E-state index in [9.17, 15) is 18.0 Å². The van der Waals surface area contributed by atoms with Crippen LogP contribution in [0.4, 0.5) is 13.2 Å². The highest BCUT2D eigenvalue weighted by atomic mass is 32.2. The Morgan fingerprint density at radius 1 is 1.20 bits per heavy atom. The second-order valence-electron chi connectivity index (χ2n) is 5.59. The second-order valence-corrected chi connectivity index (χ2v) is 6.70. The Bertz CT molecular complexity index is 711. The number of benzene rings is 1. The summed E-state index contributed by atoms with van der Waals surface area (Å²) in [6, 6.07) is 9.06. The number of nitrogens with zero attached hydrogens (tertiary/aromatic N) is 1. The Balaban J connectivity index is 2.18. The van der Waals surface area contributed by atoms with Gasteiger partial charge in [-0.3, -0.25) is 4.79 Å². The average Bonchev–Trinajstić information content (AvgIpc) is 2.88. The topological polar surface area (TPSA) is 31.2 Å². The number of hydrogen-bond donors (Lipinski definition) is 0. The van der Waals surface area contributed by atoms with Gasteiger partial charge >= 0.3 is 12.1 Å². The number of ether oxygens (including phenoxy) is 1. The third-order valence-corrected chi connectivity index (χ3v) is 4.77. The lowest BCUT2D eigenvalue weighted by atomic mass is 10.1. The average molecular weight is 371 g/mol. The zero-order valence-corrected chi connectivity index (χ0v) is 14.9. The van der Waals surface area contributed by atoms with Gasteiger partial charge in [0.05, 0.1) is 17.9 Å². The monoisotopic (exact) mass is 371 g/mol. The van der Waals surface area contributed by atoms with Crippen LogP contribution in [0.15, 0.2) is 41.4 Å². The first-order valence-corrected chi connectivity index (χ1v) is 8.87. The van der Waals surface area contributed by atoms with Gasteiger partial charge in [0, 0.05) is 25.1 Å². The molecule has 1 heterocycles. The molecule has 1 aromatic heterocycles. The highest BCUT2D eigenvalue weighted by Gasteiger charge is 2.37. The van der Waals surface area contributed by atoms with Crippen molar-refractivity contribution in [3.8, 4) is 11.3 Å². The molecular formula is C18H20F3NO2S. The Hall–Kier alpha value is -1.89. The number of esters is 1. The SMILES string of the molecule is CC(=O)OCCCCSc1c(C(F)(F)F)cn(C)c1-c1ccccc1. The molecule has 0 bridgehead atoms. The molecule has 0 fully saturated rings. The molecule has 0 spiro atoms. The summed E-state index contributed by atoms with van der Waals surface area (Å²) in [5, 5.41) is 0. The summed E-state index contributed by atoms with van der Waals surface area (Å²) in [6.07, 6.45) is -1.96. The molecule has 0 unspecified atom stereocenters. The normalized spacial score (nSPS) is 11.6. The fraction of sp³-hybridized carbons (Fsp3) is 0.389. The van der Waals surface area contributed by atoms with Gasteiger partial charge < -0.3 is 9.30 Å². The van der Waals surface area contributed by atoms with Crippen molar-refractivity contribution in [3.63, 3.8) is 0 Å². The molecular weight excluding hydrogens is 351 g/mol. The molecule has 0 aliphatic heterocycles. The van der Waals surface area contributed by atoms with Gasteiger partial charge in [-0.1, -0.05) is 30.3 Å². The van der Waals surface area contributed by atoms with Crippen LogP contribution in [0.2, 0.25) is 0 Å². The van der Waals surface area contributed by atoms with Crippen molar-refractivity contribution in [2.75, 3.05) is 12.4 Å². The predicted molar refractivity (Wildman–Crippen MR) is 92.4 cm³/mol. The molecule has 0 aliphatic rings. The molecule has 0 aliphatic carbocycles. The van der Waals surface area contributed by atoms with Crippen molar-refractivity contribution in [3.05, 3.63) is 42.1 Å². The third kappa shape index (κ3) is 5.29. The van der Waals surface area contributed by atoms with Crippen LogP contribution >= 0.6 is 11.8 Å². The van der Waals surface area contributed by atoms with Gasteiger partial charge in [0.15, 0.2) is 0 Å². The molecule has 2 rings (SSSR count). The molecule has 0 saturated heterocycles. The highest BCUT2D eigenvalue weighted by molar-refractivity contribution is 7.99. The number of carbonyl (C=O) groups is 1. The molecule has 1 aromatic carbocycles. The quantitative estimate of drug-likeness (QED) is 0.383. The van der Waals surface area contributed by atoms with Crippen molar-refractivity contribution in [2.24, 2.45) is 7.05 Å². The minimum atomic E-state index is -4.40.